The van der Waals surface area contributed by atoms with Gasteiger partial charge in [-0.2, -0.15) is 0 Å². The Labute approximate surface area is 115 Å². The fourth-order valence-corrected chi connectivity index (χ4v) is 2.67. The van der Waals surface area contributed by atoms with Gasteiger partial charge in [-0.1, -0.05) is 56.0 Å². The van der Waals surface area contributed by atoms with Crippen LogP contribution in [0, 0.1) is 5.92 Å². The van der Waals surface area contributed by atoms with Crippen molar-refractivity contribution in [1.29, 1.82) is 0 Å². The molecule has 0 aliphatic heterocycles. The Balaban J connectivity index is 2.72. The van der Waals surface area contributed by atoms with E-state index in [0.717, 1.165) is 27.9 Å². The molecule has 1 aromatic carbocycles. The van der Waals surface area contributed by atoms with E-state index in [1.54, 1.807) is 0 Å². The van der Waals surface area contributed by atoms with Crippen LogP contribution in [0.5, 0.6) is 0 Å². The molecule has 0 fully saturated rings. The normalized spacial score (nSPS) is 13.1. The van der Waals surface area contributed by atoms with Crippen LogP contribution in [0.2, 0.25) is 10.0 Å². The molecule has 1 nitrogen and oxygen atoms in total. The number of benzene rings is 1. The Morgan fingerprint density at radius 2 is 1.71 bits per heavy atom. The van der Waals surface area contributed by atoms with Crippen molar-refractivity contribution in [3.05, 3.63) is 33.8 Å². The molecule has 1 atom stereocenters. The van der Waals surface area contributed by atoms with E-state index in [4.69, 9.17) is 23.2 Å². The Hall–Kier alpha value is -0.240. The number of halogens is 2. The zero-order chi connectivity index (χ0) is 12.8. The van der Waals surface area contributed by atoms with Gasteiger partial charge >= 0.3 is 0 Å². The zero-order valence-corrected chi connectivity index (χ0v) is 12.3. The molecule has 1 aromatic rings. The molecule has 1 rings (SSSR count). The summed E-state index contributed by atoms with van der Waals surface area (Å²) in [6.45, 7) is 4.49. The molecule has 0 heterocycles. The van der Waals surface area contributed by atoms with Crippen LogP contribution in [0.15, 0.2) is 18.2 Å². The van der Waals surface area contributed by atoms with E-state index in [2.05, 4.69) is 19.2 Å². The Morgan fingerprint density at radius 3 is 2.18 bits per heavy atom. The first-order valence-corrected chi connectivity index (χ1v) is 6.93. The second-order valence-corrected chi connectivity index (χ2v) is 5.62. The van der Waals surface area contributed by atoms with Crippen LogP contribution in [0.25, 0.3) is 0 Å². The topological polar surface area (TPSA) is 12.0 Å². The standard InChI is InChI=1S/C14H21Cl2N/c1-10(2)6-4-9-13(17-3)14-11(15)7-5-8-12(14)16/h5,7-8,10,13,17H,4,6,9H2,1-3H3. The van der Waals surface area contributed by atoms with Gasteiger partial charge in [0.15, 0.2) is 0 Å². The second kappa shape index (κ2) is 7.25. The fraction of sp³-hybridized carbons (Fsp3) is 0.571. The molecule has 0 aliphatic rings. The second-order valence-electron chi connectivity index (χ2n) is 4.80. The third-order valence-corrected chi connectivity index (χ3v) is 3.63. The van der Waals surface area contributed by atoms with E-state index in [-0.39, 0.29) is 6.04 Å². The van der Waals surface area contributed by atoms with Crippen LogP contribution in [0.3, 0.4) is 0 Å². The van der Waals surface area contributed by atoms with E-state index < -0.39 is 0 Å². The van der Waals surface area contributed by atoms with Gasteiger partial charge in [0.1, 0.15) is 0 Å². The van der Waals surface area contributed by atoms with Crippen molar-refractivity contribution < 1.29 is 0 Å². The number of rotatable bonds is 6. The van der Waals surface area contributed by atoms with Gasteiger partial charge in [-0.25, -0.2) is 0 Å². The maximum atomic E-state index is 6.22. The van der Waals surface area contributed by atoms with Crippen molar-refractivity contribution in [2.75, 3.05) is 7.05 Å². The predicted molar refractivity (Wildman–Crippen MR) is 77.0 cm³/mol. The van der Waals surface area contributed by atoms with E-state index in [1.807, 2.05) is 25.2 Å². The van der Waals surface area contributed by atoms with Crippen molar-refractivity contribution in [2.45, 2.75) is 39.2 Å². The molecule has 0 aliphatic carbocycles. The van der Waals surface area contributed by atoms with Crippen molar-refractivity contribution in [1.82, 2.24) is 5.32 Å². The van der Waals surface area contributed by atoms with Crippen LogP contribution < -0.4 is 5.32 Å². The van der Waals surface area contributed by atoms with Gasteiger partial charge in [-0.05, 0) is 31.5 Å². The maximum absolute atomic E-state index is 6.22. The maximum Gasteiger partial charge on any atom is 0.0468 e. The van der Waals surface area contributed by atoms with Crippen molar-refractivity contribution >= 4 is 23.2 Å². The molecule has 0 saturated heterocycles. The molecule has 17 heavy (non-hydrogen) atoms. The lowest BCUT2D eigenvalue weighted by Gasteiger charge is -2.19. The highest BCUT2D eigenvalue weighted by Gasteiger charge is 2.16. The van der Waals surface area contributed by atoms with E-state index >= 15 is 0 Å². The van der Waals surface area contributed by atoms with Crippen LogP contribution in [0.1, 0.15) is 44.7 Å². The van der Waals surface area contributed by atoms with Crippen LogP contribution in [0.4, 0.5) is 0 Å². The molecule has 1 unspecified atom stereocenters. The SMILES string of the molecule is CNC(CCCC(C)C)c1c(Cl)cccc1Cl. The minimum Gasteiger partial charge on any atom is -0.313 e. The Morgan fingerprint density at radius 1 is 1.12 bits per heavy atom. The van der Waals surface area contributed by atoms with Gasteiger partial charge < -0.3 is 5.32 Å². The molecule has 0 radical (unpaired) electrons. The van der Waals surface area contributed by atoms with Gasteiger partial charge in [0.05, 0.1) is 0 Å². The first-order chi connectivity index (χ1) is 8.06. The highest BCUT2D eigenvalue weighted by atomic mass is 35.5. The quantitative estimate of drug-likeness (QED) is 0.762. The van der Waals surface area contributed by atoms with Gasteiger partial charge in [-0.15, -0.1) is 0 Å². The molecule has 0 bridgehead atoms. The van der Waals surface area contributed by atoms with Crippen molar-refractivity contribution in [2.24, 2.45) is 5.92 Å². The van der Waals surface area contributed by atoms with Gasteiger partial charge in [0.2, 0.25) is 0 Å². The zero-order valence-electron chi connectivity index (χ0n) is 10.8. The summed E-state index contributed by atoms with van der Waals surface area (Å²) >= 11 is 12.4. The average Bonchev–Trinajstić information content (AvgIpc) is 2.26. The molecule has 0 aromatic heterocycles. The summed E-state index contributed by atoms with van der Waals surface area (Å²) in [5, 5.41) is 4.81. The predicted octanol–water partition coefficient (Wildman–Crippen LogP) is 5.08. The number of nitrogens with one attached hydrogen (secondary N) is 1. The summed E-state index contributed by atoms with van der Waals surface area (Å²) < 4.78 is 0. The largest absolute Gasteiger partial charge is 0.313 e. The highest BCUT2D eigenvalue weighted by Crippen LogP contribution is 2.32. The highest BCUT2D eigenvalue weighted by molar-refractivity contribution is 6.36. The lowest BCUT2D eigenvalue weighted by molar-refractivity contribution is 0.471. The van der Waals surface area contributed by atoms with E-state index in [9.17, 15) is 0 Å². The molecule has 0 spiro atoms. The monoisotopic (exact) mass is 273 g/mol. The summed E-state index contributed by atoms with van der Waals surface area (Å²) in [4.78, 5) is 0. The Kier molecular flexibility index (Phi) is 6.32. The third-order valence-electron chi connectivity index (χ3n) is 2.97. The van der Waals surface area contributed by atoms with E-state index in [1.165, 1.54) is 12.8 Å². The number of hydrogen-bond donors (Lipinski definition) is 1. The van der Waals surface area contributed by atoms with Crippen LogP contribution >= 0.6 is 23.2 Å². The van der Waals surface area contributed by atoms with E-state index in [0.29, 0.717) is 0 Å². The molecule has 0 amide bonds. The molecule has 1 N–H and O–H groups in total. The summed E-state index contributed by atoms with van der Waals surface area (Å²) in [7, 11) is 1.96. The summed E-state index contributed by atoms with van der Waals surface area (Å²) in [6, 6.07) is 5.93. The molecule has 0 saturated carbocycles. The Bertz CT molecular complexity index is 330. The van der Waals surface area contributed by atoms with Crippen molar-refractivity contribution in [3.63, 3.8) is 0 Å². The minimum absolute atomic E-state index is 0.245. The van der Waals surface area contributed by atoms with Gasteiger partial charge in [0, 0.05) is 21.7 Å². The third kappa shape index (κ3) is 4.50. The summed E-state index contributed by atoms with van der Waals surface area (Å²) in [6.07, 6.45) is 3.49. The minimum atomic E-state index is 0.245. The molecular formula is C14H21Cl2N. The van der Waals surface area contributed by atoms with Gasteiger partial charge in [-0.3, -0.25) is 0 Å². The lowest BCUT2D eigenvalue weighted by atomic mass is 9.98. The van der Waals surface area contributed by atoms with Gasteiger partial charge in [0.25, 0.3) is 0 Å². The average molecular weight is 274 g/mol. The smallest absolute Gasteiger partial charge is 0.0468 e. The summed E-state index contributed by atoms with van der Waals surface area (Å²) in [5.74, 6) is 0.745. The molecular weight excluding hydrogens is 253 g/mol. The summed E-state index contributed by atoms with van der Waals surface area (Å²) in [5.41, 5.74) is 1.03. The van der Waals surface area contributed by atoms with Crippen molar-refractivity contribution in [3.8, 4) is 0 Å². The van der Waals surface area contributed by atoms with Crippen LogP contribution in [-0.2, 0) is 0 Å². The molecule has 96 valence electrons. The first kappa shape index (κ1) is 14.8. The lowest BCUT2D eigenvalue weighted by Crippen LogP contribution is -2.17. The first-order valence-electron chi connectivity index (χ1n) is 6.17. The van der Waals surface area contributed by atoms with Crippen LogP contribution in [-0.4, -0.2) is 7.05 Å². The molecule has 3 heteroatoms. The fourth-order valence-electron chi connectivity index (χ4n) is 2.01. The number of hydrogen-bond acceptors (Lipinski definition) is 1.